The zero-order valence-corrected chi connectivity index (χ0v) is 10.5. The highest BCUT2D eigenvalue weighted by atomic mass is 16.3. The number of fused-ring (bicyclic) bond motifs is 1. The first-order chi connectivity index (χ1) is 9.90. The number of pyridine rings is 1. The first-order valence-corrected chi connectivity index (χ1v) is 6.22. The predicted molar refractivity (Wildman–Crippen MR) is 74.4 cm³/mol. The van der Waals surface area contributed by atoms with Gasteiger partial charge in [0, 0.05) is 12.4 Å². The van der Waals surface area contributed by atoms with Crippen LogP contribution in [0.25, 0.3) is 28.4 Å². The van der Waals surface area contributed by atoms with Crippen molar-refractivity contribution in [2.75, 3.05) is 0 Å². The summed E-state index contributed by atoms with van der Waals surface area (Å²) in [5.41, 5.74) is 2.44. The Hall–Kier alpha value is -2.95. The maximum atomic E-state index is 5.72. The number of nitrogens with zero attached hydrogens (tertiary/aromatic N) is 4. The first kappa shape index (κ1) is 10.9. The minimum absolute atomic E-state index is 0.563. The zero-order chi connectivity index (χ0) is 13.4. The summed E-state index contributed by atoms with van der Waals surface area (Å²) >= 11 is 0. The maximum Gasteiger partial charge on any atom is 0.230 e. The summed E-state index contributed by atoms with van der Waals surface area (Å²) in [6.45, 7) is 0. The molecule has 0 saturated carbocycles. The molecule has 0 spiro atoms. The Morgan fingerprint density at radius 3 is 2.75 bits per heavy atom. The second-order valence-electron chi connectivity index (χ2n) is 4.35. The normalized spacial score (nSPS) is 11.0. The van der Waals surface area contributed by atoms with Crippen LogP contribution in [0.3, 0.4) is 0 Å². The lowest BCUT2D eigenvalue weighted by Gasteiger charge is -1.97. The number of aromatic nitrogens is 4. The Morgan fingerprint density at radius 1 is 1.00 bits per heavy atom. The van der Waals surface area contributed by atoms with Crippen LogP contribution < -0.4 is 0 Å². The van der Waals surface area contributed by atoms with Crippen LogP contribution in [0.15, 0.2) is 65.5 Å². The van der Waals surface area contributed by atoms with E-state index >= 15 is 0 Å². The van der Waals surface area contributed by atoms with E-state index in [1.165, 1.54) is 0 Å². The van der Waals surface area contributed by atoms with E-state index in [0.29, 0.717) is 5.89 Å². The van der Waals surface area contributed by atoms with E-state index in [-0.39, 0.29) is 0 Å². The van der Waals surface area contributed by atoms with E-state index < -0.39 is 0 Å². The Kier molecular flexibility index (Phi) is 2.35. The molecule has 5 heteroatoms. The molecule has 3 aromatic heterocycles. The highest BCUT2D eigenvalue weighted by Crippen LogP contribution is 2.23. The van der Waals surface area contributed by atoms with E-state index in [9.17, 15) is 0 Å². The molecular weight excluding hydrogens is 252 g/mol. The lowest BCUT2D eigenvalue weighted by Crippen LogP contribution is -1.95. The monoisotopic (exact) mass is 262 g/mol. The molecule has 3 heterocycles. The molecule has 0 saturated heterocycles. The van der Waals surface area contributed by atoms with Crippen LogP contribution >= 0.6 is 0 Å². The van der Waals surface area contributed by atoms with Gasteiger partial charge in [0.2, 0.25) is 5.89 Å². The standard InChI is InChI=1S/C15H10N4O/c1-2-6-13-12(5-1)18-15(20-13)11-9-17-19(10-11)14-7-3-4-8-16-14/h1-10H. The van der Waals surface area contributed by atoms with Gasteiger partial charge in [-0.1, -0.05) is 18.2 Å². The Bertz CT molecular complexity index is 831. The molecule has 96 valence electrons. The summed E-state index contributed by atoms with van der Waals surface area (Å²) in [7, 11) is 0. The van der Waals surface area contributed by atoms with E-state index in [4.69, 9.17) is 4.42 Å². The summed E-state index contributed by atoms with van der Waals surface area (Å²) in [6, 6.07) is 13.4. The molecule has 0 bridgehead atoms. The summed E-state index contributed by atoms with van der Waals surface area (Å²) in [5, 5.41) is 4.29. The quantitative estimate of drug-likeness (QED) is 0.557. The van der Waals surface area contributed by atoms with Crippen LogP contribution in [0, 0.1) is 0 Å². The van der Waals surface area contributed by atoms with E-state index in [0.717, 1.165) is 22.5 Å². The van der Waals surface area contributed by atoms with Gasteiger partial charge in [-0.15, -0.1) is 0 Å². The summed E-state index contributed by atoms with van der Waals surface area (Å²) < 4.78 is 7.42. The third-order valence-corrected chi connectivity index (χ3v) is 3.01. The van der Waals surface area contributed by atoms with Gasteiger partial charge in [-0.2, -0.15) is 5.10 Å². The largest absolute Gasteiger partial charge is 0.436 e. The fourth-order valence-electron chi connectivity index (χ4n) is 2.04. The van der Waals surface area contributed by atoms with Crippen LogP contribution in [-0.2, 0) is 0 Å². The van der Waals surface area contributed by atoms with Crippen molar-refractivity contribution >= 4 is 11.1 Å². The number of hydrogen-bond donors (Lipinski definition) is 0. The molecule has 0 fully saturated rings. The van der Waals surface area contributed by atoms with E-state index in [1.807, 2.05) is 48.7 Å². The second kappa shape index (κ2) is 4.31. The molecule has 0 unspecified atom stereocenters. The molecule has 1 aromatic carbocycles. The third kappa shape index (κ3) is 1.76. The van der Waals surface area contributed by atoms with Crippen molar-refractivity contribution < 1.29 is 4.42 Å². The van der Waals surface area contributed by atoms with Crippen molar-refractivity contribution in [2.45, 2.75) is 0 Å². The molecule has 0 N–H and O–H groups in total. The molecule has 0 aliphatic heterocycles. The van der Waals surface area contributed by atoms with Crippen molar-refractivity contribution in [3.05, 3.63) is 61.1 Å². The van der Waals surface area contributed by atoms with Crippen molar-refractivity contribution in [1.29, 1.82) is 0 Å². The third-order valence-electron chi connectivity index (χ3n) is 3.01. The SMILES string of the molecule is c1ccc(-n2cc(-c3nc4ccccc4o3)cn2)nc1. The van der Waals surface area contributed by atoms with E-state index in [1.54, 1.807) is 17.1 Å². The Balaban J connectivity index is 1.78. The first-order valence-electron chi connectivity index (χ1n) is 6.22. The van der Waals surface area contributed by atoms with Crippen LogP contribution in [0.2, 0.25) is 0 Å². The van der Waals surface area contributed by atoms with E-state index in [2.05, 4.69) is 15.1 Å². The van der Waals surface area contributed by atoms with Crippen LogP contribution in [0.5, 0.6) is 0 Å². The van der Waals surface area contributed by atoms with Crippen molar-refractivity contribution in [2.24, 2.45) is 0 Å². The summed E-state index contributed by atoms with van der Waals surface area (Å²) in [6.07, 6.45) is 5.31. The number of benzene rings is 1. The molecule has 0 radical (unpaired) electrons. The highest BCUT2D eigenvalue weighted by Gasteiger charge is 2.10. The molecular formula is C15H10N4O. The summed E-state index contributed by atoms with van der Waals surface area (Å²) in [5.74, 6) is 1.32. The lowest BCUT2D eigenvalue weighted by molar-refractivity contribution is 0.620. The van der Waals surface area contributed by atoms with Gasteiger partial charge < -0.3 is 4.42 Å². The minimum atomic E-state index is 0.563. The number of oxazole rings is 1. The number of hydrogen-bond acceptors (Lipinski definition) is 4. The summed E-state index contributed by atoms with van der Waals surface area (Å²) in [4.78, 5) is 8.70. The predicted octanol–water partition coefficient (Wildman–Crippen LogP) is 3.08. The molecule has 4 aromatic rings. The molecule has 20 heavy (non-hydrogen) atoms. The fourth-order valence-corrected chi connectivity index (χ4v) is 2.04. The van der Waals surface area contributed by atoms with Gasteiger partial charge in [-0.3, -0.25) is 0 Å². The van der Waals surface area contributed by atoms with Gasteiger partial charge in [0.05, 0.1) is 11.8 Å². The van der Waals surface area contributed by atoms with Gasteiger partial charge in [0.15, 0.2) is 11.4 Å². The van der Waals surface area contributed by atoms with Crippen LogP contribution in [0.4, 0.5) is 0 Å². The number of rotatable bonds is 2. The van der Waals surface area contributed by atoms with Crippen LogP contribution in [0.1, 0.15) is 0 Å². The zero-order valence-electron chi connectivity index (χ0n) is 10.5. The van der Waals surface area contributed by atoms with Crippen molar-refractivity contribution in [3.8, 4) is 17.3 Å². The van der Waals surface area contributed by atoms with Gasteiger partial charge in [0.1, 0.15) is 5.52 Å². The smallest absolute Gasteiger partial charge is 0.230 e. The minimum Gasteiger partial charge on any atom is -0.436 e. The van der Waals surface area contributed by atoms with Crippen molar-refractivity contribution in [1.82, 2.24) is 19.7 Å². The highest BCUT2D eigenvalue weighted by molar-refractivity contribution is 5.75. The Labute approximate surface area is 114 Å². The Morgan fingerprint density at radius 2 is 1.90 bits per heavy atom. The molecule has 0 aliphatic rings. The van der Waals surface area contributed by atoms with Gasteiger partial charge in [-0.25, -0.2) is 14.6 Å². The average Bonchev–Trinajstić information content (AvgIpc) is 3.14. The average molecular weight is 262 g/mol. The van der Waals surface area contributed by atoms with Gasteiger partial charge in [-0.05, 0) is 24.3 Å². The number of para-hydroxylation sites is 2. The van der Waals surface area contributed by atoms with Crippen molar-refractivity contribution in [3.63, 3.8) is 0 Å². The molecule has 0 aliphatic carbocycles. The molecule has 4 rings (SSSR count). The van der Waals surface area contributed by atoms with Gasteiger partial charge in [0.25, 0.3) is 0 Å². The second-order valence-corrected chi connectivity index (χ2v) is 4.35. The van der Waals surface area contributed by atoms with Gasteiger partial charge >= 0.3 is 0 Å². The topological polar surface area (TPSA) is 56.7 Å². The fraction of sp³-hybridized carbons (Fsp3) is 0. The molecule has 5 nitrogen and oxygen atoms in total. The molecule has 0 amide bonds. The molecule has 0 atom stereocenters. The lowest BCUT2D eigenvalue weighted by atomic mass is 10.3. The van der Waals surface area contributed by atoms with Crippen LogP contribution in [-0.4, -0.2) is 19.7 Å². The maximum absolute atomic E-state index is 5.72.